The third-order valence-electron chi connectivity index (χ3n) is 5.17. The zero-order valence-electron chi connectivity index (χ0n) is 16.6. The van der Waals surface area contributed by atoms with Gasteiger partial charge in [-0.05, 0) is 42.3 Å². The molecule has 0 aliphatic carbocycles. The summed E-state index contributed by atoms with van der Waals surface area (Å²) in [6.07, 6.45) is 6.92. The summed E-state index contributed by atoms with van der Waals surface area (Å²) in [5.41, 5.74) is 5.08. The fourth-order valence-corrected chi connectivity index (χ4v) is 3.56. The zero-order chi connectivity index (χ0) is 20.1. The number of aryl methyl sites for hydroxylation is 1. The minimum absolute atomic E-state index is 0.124. The number of anilines is 2. The molecule has 0 saturated carbocycles. The maximum Gasteiger partial charge on any atom is 0.253 e. The van der Waals surface area contributed by atoms with Crippen LogP contribution in [0.4, 0.5) is 11.4 Å². The number of carbonyl (C=O) groups is 1. The van der Waals surface area contributed by atoms with Gasteiger partial charge in [0.15, 0.2) is 0 Å². The number of nitrogens with one attached hydrogen (secondary N) is 1. The van der Waals surface area contributed by atoms with Gasteiger partial charge in [-0.15, -0.1) is 0 Å². The van der Waals surface area contributed by atoms with E-state index in [0.29, 0.717) is 12.1 Å². The van der Waals surface area contributed by atoms with Gasteiger partial charge in [0.05, 0.1) is 17.4 Å². The molecule has 1 fully saturated rings. The second-order valence-corrected chi connectivity index (χ2v) is 7.29. The molecule has 3 heterocycles. The monoisotopic (exact) mass is 387 g/mol. The standard InChI is InChI=1S/C23H25N5O/c1-18-4-2-6-21(12-18)27-8-10-28(11-9-27)22-13-20(16-25-17-22)23(29)26-15-19-5-3-7-24-14-19/h2-7,12-14,16-17H,8-11,15H2,1H3,(H,26,29). The maximum absolute atomic E-state index is 12.5. The molecule has 6 nitrogen and oxygen atoms in total. The molecule has 1 aromatic carbocycles. The summed E-state index contributed by atoms with van der Waals surface area (Å²) in [6, 6.07) is 14.3. The second-order valence-electron chi connectivity index (χ2n) is 7.29. The number of carbonyl (C=O) groups excluding carboxylic acids is 1. The van der Waals surface area contributed by atoms with Crippen LogP contribution in [0.1, 0.15) is 21.5 Å². The van der Waals surface area contributed by atoms with Gasteiger partial charge in [0.2, 0.25) is 0 Å². The van der Waals surface area contributed by atoms with Crippen molar-refractivity contribution in [2.75, 3.05) is 36.0 Å². The molecular weight excluding hydrogens is 362 g/mol. The Balaban J connectivity index is 1.37. The molecule has 0 unspecified atom stereocenters. The zero-order valence-corrected chi connectivity index (χ0v) is 16.6. The predicted molar refractivity (Wildman–Crippen MR) is 115 cm³/mol. The summed E-state index contributed by atoms with van der Waals surface area (Å²) in [5.74, 6) is -0.124. The Hall–Kier alpha value is -3.41. The van der Waals surface area contributed by atoms with Crippen LogP contribution in [0, 0.1) is 6.92 Å². The maximum atomic E-state index is 12.5. The summed E-state index contributed by atoms with van der Waals surface area (Å²) >= 11 is 0. The van der Waals surface area contributed by atoms with E-state index < -0.39 is 0 Å². The first kappa shape index (κ1) is 18.9. The van der Waals surface area contributed by atoms with E-state index >= 15 is 0 Å². The first-order chi connectivity index (χ1) is 14.2. The van der Waals surface area contributed by atoms with Gasteiger partial charge in [-0.2, -0.15) is 0 Å². The van der Waals surface area contributed by atoms with Crippen molar-refractivity contribution in [1.29, 1.82) is 0 Å². The average Bonchev–Trinajstić information content (AvgIpc) is 2.78. The molecule has 0 bridgehead atoms. The molecule has 148 valence electrons. The lowest BCUT2D eigenvalue weighted by molar-refractivity contribution is 0.0950. The predicted octanol–water partition coefficient (Wildman–Crippen LogP) is 3.04. The molecule has 1 N–H and O–H groups in total. The molecule has 0 radical (unpaired) electrons. The smallest absolute Gasteiger partial charge is 0.253 e. The highest BCUT2D eigenvalue weighted by Crippen LogP contribution is 2.21. The highest BCUT2D eigenvalue weighted by atomic mass is 16.1. The lowest BCUT2D eigenvalue weighted by atomic mass is 10.1. The Kier molecular flexibility index (Phi) is 5.70. The van der Waals surface area contributed by atoms with Crippen LogP contribution in [0.3, 0.4) is 0 Å². The second kappa shape index (κ2) is 8.73. The van der Waals surface area contributed by atoms with Crippen molar-refractivity contribution in [2.24, 2.45) is 0 Å². The van der Waals surface area contributed by atoms with E-state index in [1.807, 2.05) is 24.4 Å². The largest absolute Gasteiger partial charge is 0.368 e. The molecule has 3 aromatic rings. The number of amides is 1. The number of pyridine rings is 2. The molecule has 0 atom stereocenters. The first-order valence-electron chi connectivity index (χ1n) is 9.88. The number of rotatable bonds is 5. The number of benzene rings is 1. The lowest BCUT2D eigenvalue weighted by Gasteiger charge is -2.37. The third kappa shape index (κ3) is 4.71. The van der Waals surface area contributed by atoms with Crippen molar-refractivity contribution in [2.45, 2.75) is 13.5 Å². The summed E-state index contributed by atoms with van der Waals surface area (Å²) < 4.78 is 0. The van der Waals surface area contributed by atoms with Crippen LogP contribution in [0.2, 0.25) is 0 Å². The molecule has 1 aliphatic heterocycles. The molecule has 6 heteroatoms. The number of hydrogen-bond donors (Lipinski definition) is 1. The van der Waals surface area contributed by atoms with Crippen molar-refractivity contribution in [3.8, 4) is 0 Å². The van der Waals surface area contributed by atoms with Crippen molar-refractivity contribution < 1.29 is 4.79 Å². The normalized spacial score (nSPS) is 14.0. The van der Waals surface area contributed by atoms with E-state index in [0.717, 1.165) is 37.4 Å². The van der Waals surface area contributed by atoms with Crippen LogP contribution in [0.5, 0.6) is 0 Å². The summed E-state index contributed by atoms with van der Waals surface area (Å²) in [7, 11) is 0. The Morgan fingerprint density at radius 2 is 1.72 bits per heavy atom. The molecule has 1 saturated heterocycles. The van der Waals surface area contributed by atoms with E-state index in [1.54, 1.807) is 18.6 Å². The van der Waals surface area contributed by atoms with Crippen LogP contribution in [0.25, 0.3) is 0 Å². The van der Waals surface area contributed by atoms with E-state index in [4.69, 9.17) is 0 Å². The fraction of sp³-hybridized carbons (Fsp3) is 0.261. The number of aromatic nitrogens is 2. The van der Waals surface area contributed by atoms with Crippen LogP contribution in [-0.4, -0.2) is 42.1 Å². The van der Waals surface area contributed by atoms with Crippen LogP contribution >= 0.6 is 0 Å². The molecule has 0 spiro atoms. The molecule has 4 rings (SSSR count). The first-order valence-corrected chi connectivity index (χ1v) is 9.88. The number of hydrogen-bond acceptors (Lipinski definition) is 5. The van der Waals surface area contributed by atoms with Gasteiger partial charge in [0.1, 0.15) is 0 Å². The van der Waals surface area contributed by atoms with Crippen molar-refractivity contribution >= 4 is 17.3 Å². The van der Waals surface area contributed by atoms with Crippen molar-refractivity contribution in [3.63, 3.8) is 0 Å². The van der Waals surface area contributed by atoms with E-state index in [1.165, 1.54) is 11.3 Å². The fourth-order valence-electron chi connectivity index (χ4n) is 3.56. The molecule has 1 amide bonds. The Labute approximate surface area is 171 Å². The number of nitrogens with zero attached hydrogens (tertiary/aromatic N) is 4. The van der Waals surface area contributed by atoms with E-state index in [2.05, 4.69) is 56.3 Å². The van der Waals surface area contributed by atoms with Crippen molar-refractivity contribution in [3.05, 3.63) is 83.9 Å². The van der Waals surface area contributed by atoms with Gasteiger partial charge in [0.25, 0.3) is 5.91 Å². The molecule has 1 aliphatic rings. The van der Waals surface area contributed by atoms with Gasteiger partial charge in [-0.1, -0.05) is 18.2 Å². The van der Waals surface area contributed by atoms with Crippen LogP contribution in [-0.2, 0) is 6.54 Å². The van der Waals surface area contributed by atoms with Crippen molar-refractivity contribution in [1.82, 2.24) is 15.3 Å². The Morgan fingerprint density at radius 3 is 2.45 bits per heavy atom. The Morgan fingerprint density at radius 1 is 0.931 bits per heavy atom. The summed E-state index contributed by atoms with van der Waals surface area (Å²) in [4.78, 5) is 25.6. The average molecular weight is 387 g/mol. The van der Waals surface area contributed by atoms with Crippen LogP contribution in [0.15, 0.2) is 67.3 Å². The van der Waals surface area contributed by atoms with E-state index in [9.17, 15) is 4.79 Å². The summed E-state index contributed by atoms with van der Waals surface area (Å²) in [6.45, 7) is 6.26. The topological polar surface area (TPSA) is 61.4 Å². The quantitative estimate of drug-likeness (QED) is 0.729. The van der Waals surface area contributed by atoms with Crippen LogP contribution < -0.4 is 15.1 Å². The van der Waals surface area contributed by atoms with Gasteiger partial charge < -0.3 is 15.1 Å². The highest BCUT2D eigenvalue weighted by Gasteiger charge is 2.19. The van der Waals surface area contributed by atoms with Gasteiger partial charge in [-0.25, -0.2) is 0 Å². The van der Waals surface area contributed by atoms with E-state index in [-0.39, 0.29) is 5.91 Å². The lowest BCUT2D eigenvalue weighted by Crippen LogP contribution is -2.46. The van der Waals surface area contributed by atoms with Gasteiger partial charge >= 0.3 is 0 Å². The minimum Gasteiger partial charge on any atom is -0.368 e. The Bertz CT molecular complexity index is 968. The van der Waals surface area contributed by atoms with Gasteiger partial charge in [-0.3, -0.25) is 14.8 Å². The SMILES string of the molecule is Cc1cccc(N2CCN(c3cncc(C(=O)NCc4cccnc4)c3)CC2)c1. The summed E-state index contributed by atoms with van der Waals surface area (Å²) in [5, 5.41) is 2.93. The minimum atomic E-state index is -0.124. The molecule has 29 heavy (non-hydrogen) atoms. The molecular formula is C23H25N5O. The van der Waals surface area contributed by atoms with Gasteiger partial charge in [0, 0.05) is 57.0 Å². The molecule has 2 aromatic heterocycles. The third-order valence-corrected chi connectivity index (χ3v) is 5.17. The number of piperazine rings is 1. The highest BCUT2D eigenvalue weighted by molar-refractivity contribution is 5.94.